The summed E-state index contributed by atoms with van der Waals surface area (Å²) in [5.74, 6) is 1.96. The Morgan fingerprint density at radius 2 is 1.95 bits per heavy atom. The first-order chi connectivity index (χ1) is 18.6. The first-order valence-corrected chi connectivity index (χ1v) is 13.7. The summed E-state index contributed by atoms with van der Waals surface area (Å²) in [6.45, 7) is 7.19. The number of benzene rings is 1. The molecule has 0 amide bonds. The smallest absolute Gasteiger partial charge is 0.167 e. The van der Waals surface area contributed by atoms with E-state index in [-0.39, 0.29) is 11.2 Å². The summed E-state index contributed by atoms with van der Waals surface area (Å²) in [5, 5.41) is 21.5. The number of imidazole rings is 2. The van der Waals surface area contributed by atoms with Gasteiger partial charge in [-0.15, -0.1) is 0 Å². The van der Waals surface area contributed by atoms with Crippen LogP contribution >= 0.6 is 0 Å². The Kier molecular flexibility index (Phi) is 6.57. The molecule has 0 radical (unpaired) electrons. The second-order valence-corrected chi connectivity index (χ2v) is 12.3. The molecule has 0 spiro atoms. The van der Waals surface area contributed by atoms with Crippen LogP contribution in [0.5, 0.6) is 0 Å². The minimum Gasteiger partial charge on any atom is -0.387 e. The summed E-state index contributed by atoms with van der Waals surface area (Å²) in [6, 6.07) is 6.95. The molecule has 0 unspecified atom stereocenters. The van der Waals surface area contributed by atoms with E-state index in [0.29, 0.717) is 29.7 Å². The van der Waals surface area contributed by atoms with Crippen LogP contribution in [0.4, 0.5) is 5.82 Å². The second kappa shape index (κ2) is 9.81. The molecule has 6 rings (SSSR count). The van der Waals surface area contributed by atoms with Gasteiger partial charge in [-0.1, -0.05) is 26.8 Å². The number of nitrogens with zero attached hydrogens (tertiary/aromatic N) is 6. The predicted molar refractivity (Wildman–Crippen MR) is 148 cm³/mol. The van der Waals surface area contributed by atoms with Gasteiger partial charge >= 0.3 is 0 Å². The molecule has 1 saturated heterocycles. The lowest BCUT2D eigenvalue weighted by Gasteiger charge is -2.42. The zero-order valence-corrected chi connectivity index (χ0v) is 22.9. The molecular formula is C28H38N8O3. The number of aliphatic hydroxyl groups is 2. The number of aromatic amines is 1. The highest BCUT2D eigenvalue weighted by Crippen LogP contribution is 2.37. The Labute approximate surface area is 227 Å². The topological polar surface area (TPSA) is 151 Å². The van der Waals surface area contributed by atoms with Crippen molar-refractivity contribution in [2.24, 2.45) is 5.92 Å². The van der Waals surface area contributed by atoms with E-state index >= 15 is 0 Å². The third kappa shape index (κ3) is 4.88. The number of nitrogen functional groups attached to an aromatic ring is 1. The average molecular weight is 535 g/mol. The van der Waals surface area contributed by atoms with Crippen molar-refractivity contribution in [2.75, 3.05) is 19.3 Å². The van der Waals surface area contributed by atoms with E-state index in [0.717, 1.165) is 42.5 Å². The first-order valence-electron chi connectivity index (χ1n) is 13.7. The molecule has 2 fully saturated rings. The van der Waals surface area contributed by atoms with Gasteiger partial charge in [0.05, 0.1) is 17.4 Å². The van der Waals surface area contributed by atoms with E-state index in [1.807, 2.05) is 0 Å². The molecule has 5 N–H and O–H groups in total. The standard InChI is InChI=1S/C28H38N8O3/c1-28(2,3)16-6-7-18-19(11-16)34-21(33-18)8-5-15-9-17(10-15)35(4)12-20-23(37)24(38)27(39-20)36-14-32-22-25(29)30-13-31-26(22)36/h6-7,11,13-15,17,20,23-24,27,37-38H,5,8-10,12H2,1-4H3,(H,33,34)(H2,29,30,31)/t15-,17-,20-,23-,24-,27-/m1/s1. The van der Waals surface area contributed by atoms with E-state index in [9.17, 15) is 10.2 Å². The number of likely N-dealkylation sites (N-methyl/N-ethyl adjacent to an activating group) is 1. The zero-order valence-electron chi connectivity index (χ0n) is 22.9. The van der Waals surface area contributed by atoms with Crippen LogP contribution in [0, 0.1) is 5.92 Å². The highest BCUT2D eigenvalue weighted by Gasteiger charge is 2.45. The Balaban J connectivity index is 1.01. The third-order valence-corrected chi connectivity index (χ3v) is 8.49. The van der Waals surface area contributed by atoms with E-state index in [1.54, 1.807) is 4.57 Å². The minimum atomic E-state index is -1.10. The van der Waals surface area contributed by atoms with Crippen molar-refractivity contribution in [3.63, 3.8) is 0 Å². The molecule has 2 aliphatic rings. The molecule has 4 aromatic rings. The van der Waals surface area contributed by atoms with Crippen molar-refractivity contribution < 1.29 is 14.9 Å². The Bertz CT molecular complexity index is 1470. The molecular weight excluding hydrogens is 496 g/mol. The van der Waals surface area contributed by atoms with Crippen molar-refractivity contribution in [3.8, 4) is 0 Å². The fourth-order valence-corrected chi connectivity index (χ4v) is 5.88. The lowest BCUT2D eigenvalue weighted by atomic mass is 9.76. The highest BCUT2D eigenvalue weighted by molar-refractivity contribution is 5.81. The Morgan fingerprint density at radius 3 is 2.72 bits per heavy atom. The molecule has 39 heavy (non-hydrogen) atoms. The summed E-state index contributed by atoms with van der Waals surface area (Å²) in [4.78, 5) is 23.0. The fourth-order valence-electron chi connectivity index (χ4n) is 5.88. The summed E-state index contributed by atoms with van der Waals surface area (Å²) in [5.41, 5.74) is 10.3. The lowest BCUT2D eigenvalue weighted by Crippen LogP contribution is -2.47. The zero-order chi connectivity index (χ0) is 27.5. The predicted octanol–water partition coefficient (Wildman–Crippen LogP) is 2.54. The van der Waals surface area contributed by atoms with E-state index in [1.165, 1.54) is 18.2 Å². The van der Waals surface area contributed by atoms with Crippen molar-refractivity contribution in [1.29, 1.82) is 0 Å². The van der Waals surface area contributed by atoms with Crippen molar-refractivity contribution >= 4 is 28.0 Å². The molecule has 3 aromatic heterocycles. The van der Waals surface area contributed by atoms with Crippen LogP contribution in [-0.2, 0) is 16.6 Å². The SMILES string of the molecule is CN(C[C@H]1O[C@@H](n2cnc3c(N)ncnc32)[C@H](O)[C@@H]1O)[C@H]1C[C@H](CCc2nc3cc(C(C)(C)C)ccc3[nH]2)C1. The molecule has 1 aliphatic carbocycles. The van der Waals surface area contributed by atoms with E-state index in [2.05, 4.69) is 70.9 Å². The van der Waals surface area contributed by atoms with Crippen molar-refractivity contribution in [2.45, 2.75) is 82.5 Å². The maximum absolute atomic E-state index is 10.8. The molecule has 208 valence electrons. The number of hydrogen-bond acceptors (Lipinski definition) is 9. The maximum atomic E-state index is 10.8. The van der Waals surface area contributed by atoms with Crippen LogP contribution in [0.3, 0.4) is 0 Å². The van der Waals surface area contributed by atoms with Gasteiger partial charge in [-0.25, -0.2) is 19.9 Å². The summed E-state index contributed by atoms with van der Waals surface area (Å²) < 4.78 is 7.74. The lowest BCUT2D eigenvalue weighted by molar-refractivity contribution is -0.0514. The number of aromatic nitrogens is 6. The Hall–Kier alpha value is -3.12. The first kappa shape index (κ1) is 26.1. The van der Waals surface area contributed by atoms with Gasteiger partial charge in [0, 0.05) is 19.0 Å². The molecule has 11 nitrogen and oxygen atoms in total. The number of rotatable bonds is 7. The van der Waals surface area contributed by atoms with Gasteiger partial charge in [0.25, 0.3) is 0 Å². The normalized spacial score (nSPS) is 27.6. The summed E-state index contributed by atoms with van der Waals surface area (Å²) in [7, 11) is 2.06. The Morgan fingerprint density at radius 1 is 1.15 bits per heavy atom. The fraction of sp³-hybridized carbons (Fsp3) is 0.571. The highest BCUT2D eigenvalue weighted by atomic mass is 16.6. The number of nitrogens with two attached hydrogens (primary N) is 1. The number of anilines is 1. The number of ether oxygens (including phenoxy) is 1. The van der Waals surface area contributed by atoms with Gasteiger partial charge in [-0.2, -0.15) is 0 Å². The van der Waals surface area contributed by atoms with Crippen LogP contribution in [-0.4, -0.2) is 82.5 Å². The number of nitrogens with one attached hydrogen (secondary N) is 1. The third-order valence-electron chi connectivity index (χ3n) is 8.49. The maximum Gasteiger partial charge on any atom is 0.167 e. The quantitative estimate of drug-likeness (QED) is 0.280. The molecule has 1 aromatic carbocycles. The summed E-state index contributed by atoms with van der Waals surface area (Å²) in [6.07, 6.45) is 3.65. The van der Waals surface area contributed by atoms with Gasteiger partial charge in [-0.05, 0) is 55.3 Å². The van der Waals surface area contributed by atoms with Crippen LogP contribution in [0.25, 0.3) is 22.2 Å². The van der Waals surface area contributed by atoms with Gasteiger partial charge in [-0.3, -0.25) is 4.57 Å². The minimum absolute atomic E-state index is 0.107. The average Bonchev–Trinajstić information content (AvgIpc) is 3.54. The number of H-pyrrole nitrogens is 1. The largest absolute Gasteiger partial charge is 0.387 e. The number of hydrogen-bond donors (Lipinski definition) is 4. The van der Waals surface area contributed by atoms with Gasteiger partial charge in [0.1, 0.15) is 36.0 Å². The summed E-state index contributed by atoms with van der Waals surface area (Å²) >= 11 is 0. The van der Waals surface area contributed by atoms with Gasteiger partial charge in [0.15, 0.2) is 17.7 Å². The van der Waals surface area contributed by atoms with Gasteiger partial charge < -0.3 is 30.6 Å². The number of aryl methyl sites for hydroxylation is 1. The van der Waals surface area contributed by atoms with E-state index in [4.69, 9.17) is 15.5 Å². The van der Waals surface area contributed by atoms with Crippen LogP contribution in [0.15, 0.2) is 30.9 Å². The van der Waals surface area contributed by atoms with Crippen LogP contribution < -0.4 is 5.73 Å². The second-order valence-electron chi connectivity index (χ2n) is 12.3. The van der Waals surface area contributed by atoms with Crippen LogP contribution in [0.2, 0.25) is 0 Å². The molecule has 0 bridgehead atoms. The van der Waals surface area contributed by atoms with Gasteiger partial charge in [0.2, 0.25) is 0 Å². The number of aliphatic hydroxyl groups excluding tert-OH is 2. The molecule has 11 heteroatoms. The van der Waals surface area contributed by atoms with Crippen molar-refractivity contribution in [3.05, 3.63) is 42.2 Å². The number of fused-ring (bicyclic) bond motifs is 2. The molecule has 1 saturated carbocycles. The van der Waals surface area contributed by atoms with Crippen molar-refractivity contribution in [1.82, 2.24) is 34.4 Å². The van der Waals surface area contributed by atoms with Crippen LogP contribution in [0.1, 0.15) is 57.6 Å². The molecule has 4 atom stereocenters. The molecule has 4 heterocycles. The molecule has 1 aliphatic heterocycles. The monoisotopic (exact) mass is 534 g/mol. The van der Waals surface area contributed by atoms with E-state index < -0.39 is 24.5 Å².